The van der Waals surface area contributed by atoms with Crippen molar-refractivity contribution in [2.24, 2.45) is 22.4 Å². The fourth-order valence-corrected chi connectivity index (χ4v) is 4.47. The van der Waals surface area contributed by atoms with Crippen molar-refractivity contribution in [3.8, 4) is 0 Å². The van der Waals surface area contributed by atoms with Crippen LogP contribution in [0.5, 0.6) is 0 Å². The molecule has 1 heterocycles. The van der Waals surface area contributed by atoms with E-state index in [1.807, 2.05) is 51.1 Å². The van der Waals surface area contributed by atoms with E-state index in [0.717, 1.165) is 18.4 Å². The largest absolute Gasteiger partial charge is 0.439 e. The van der Waals surface area contributed by atoms with Crippen molar-refractivity contribution in [3.63, 3.8) is 0 Å². The second-order valence-corrected chi connectivity index (χ2v) is 8.87. The summed E-state index contributed by atoms with van der Waals surface area (Å²) >= 11 is 0. The summed E-state index contributed by atoms with van der Waals surface area (Å²) in [6.45, 7) is 6.11. The third-order valence-electron chi connectivity index (χ3n) is 6.85. The molecule has 2 aliphatic rings. The van der Waals surface area contributed by atoms with Crippen LogP contribution in [0.3, 0.4) is 0 Å². The number of carbonyl (C=O) groups excluding carboxylic acids is 1. The molecule has 0 saturated heterocycles. The molecule has 29 heavy (non-hydrogen) atoms. The van der Waals surface area contributed by atoms with E-state index in [0.29, 0.717) is 23.6 Å². The maximum absolute atomic E-state index is 14.1. The number of alkyl halides is 3. The third-order valence-corrected chi connectivity index (χ3v) is 6.85. The van der Waals surface area contributed by atoms with Crippen molar-refractivity contribution < 1.29 is 23.1 Å². The molecule has 0 bridgehead atoms. The summed E-state index contributed by atoms with van der Waals surface area (Å²) < 4.78 is 42.2. The average Bonchev–Trinajstić information content (AvgIpc) is 3.00. The minimum absolute atomic E-state index is 0.0321. The van der Waals surface area contributed by atoms with Crippen molar-refractivity contribution in [2.75, 3.05) is 0 Å². The fourth-order valence-electron chi connectivity index (χ4n) is 4.47. The van der Waals surface area contributed by atoms with E-state index in [1.165, 1.54) is 0 Å². The third kappa shape index (κ3) is 3.93. The average molecular weight is 410 g/mol. The van der Waals surface area contributed by atoms with Gasteiger partial charge in [0.25, 0.3) is 5.72 Å². The fraction of sp³-hybridized carbons (Fsp3) is 0.636. The maximum Gasteiger partial charge on any atom is 0.439 e. The summed E-state index contributed by atoms with van der Waals surface area (Å²) in [5, 5.41) is 15.2. The number of hydrogen-bond acceptors (Lipinski definition) is 3. The van der Waals surface area contributed by atoms with Crippen molar-refractivity contribution in [2.45, 2.75) is 71.2 Å². The number of carbonyl (C=O) groups is 1. The molecular formula is C22H29F3N2O2. The molecule has 1 amide bonds. The summed E-state index contributed by atoms with van der Waals surface area (Å²) in [6.07, 6.45) is -2.72. The molecule has 160 valence electrons. The van der Waals surface area contributed by atoms with Crippen LogP contribution in [-0.2, 0) is 11.2 Å². The molecule has 1 aromatic rings. The summed E-state index contributed by atoms with van der Waals surface area (Å²) in [5.74, 6) is -1.97. The van der Waals surface area contributed by atoms with Crippen LogP contribution >= 0.6 is 0 Å². The maximum atomic E-state index is 14.1. The number of fused-ring (bicyclic) bond motifs is 1. The van der Waals surface area contributed by atoms with Crippen molar-refractivity contribution in [1.29, 1.82) is 0 Å². The van der Waals surface area contributed by atoms with Crippen molar-refractivity contribution in [3.05, 3.63) is 35.9 Å². The van der Waals surface area contributed by atoms with Crippen LogP contribution < -0.4 is 0 Å². The quantitative estimate of drug-likeness (QED) is 0.749. The number of aliphatic hydroxyl groups is 1. The molecule has 1 aromatic carbocycles. The van der Waals surface area contributed by atoms with Crippen molar-refractivity contribution in [1.82, 2.24) is 5.01 Å². The first-order valence-corrected chi connectivity index (χ1v) is 10.2. The molecule has 1 saturated carbocycles. The molecule has 3 rings (SSSR count). The number of rotatable bonds is 5. The van der Waals surface area contributed by atoms with E-state index < -0.39 is 23.7 Å². The van der Waals surface area contributed by atoms with Gasteiger partial charge in [-0.05, 0) is 42.6 Å². The summed E-state index contributed by atoms with van der Waals surface area (Å²) in [4.78, 5) is 12.7. The Morgan fingerprint density at radius 3 is 2.52 bits per heavy atom. The Kier molecular flexibility index (Phi) is 5.82. The Bertz CT molecular complexity index is 776. The van der Waals surface area contributed by atoms with E-state index in [1.54, 1.807) is 0 Å². The number of nitrogens with zero attached hydrogens (tertiary/aromatic N) is 2. The number of benzene rings is 1. The highest BCUT2D eigenvalue weighted by atomic mass is 19.4. The van der Waals surface area contributed by atoms with Gasteiger partial charge >= 0.3 is 6.18 Å². The monoisotopic (exact) mass is 410 g/mol. The van der Waals surface area contributed by atoms with Crippen LogP contribution in [-0.4, -0.2) is 33.6 Å². The van der Waals surface area contributed by atoms with E-state index >= 15 is 0 Å². The lowest BCUT2D eigenvalue weighted by Gasteiger charge is -2.43. The zero-order chi connectivity index (χ0) is 21.4. The molecule has 1 N–H and O–H groups in total. The van der Waals surface area contributed by atoms with Crippen molar-refractivity contribution >= 4 is 11.6 Å². The van der Waals surface area contributed by atoms with Crippen LogP contribution in [0, 0.1) is 17.3 Å². The van der Waals surface area contributed by atoms with Crippen LogP contribution in [0.25, 0.3) is 0 Å². The summed E-state index contributed by atoms with van der Waals surface area (Å²) in [7, 11) is 0. The Labute approximate surface area is 169 Å². The minimum atomic E-state index is -4.98. The first-order chi connectivity index (χ1) is 13.5. The first kappa shape index (κ1) is 21.8. The van der Waals surface area contributed by atoms with Crippen LogP contribution in [0.2, 0.25) is 0 Å². The number of halogens is 3. The Hall–Kier alpha value is -1.89. The SMILES string of the molecule is CCC(C)(C)[C@@H]1CCC2=NN(C(=O)CCc3ccccc3)[C@@](O)(C(F)(F)F)[C@@H]2C1. The van der Waals surface area contributed by atoms with Crippen LogP contribution in [0.15, 0.2) is 35.4 Å². The Morgan fingerprint density at radius 2 is 1.93 bits per heavy atom. The van der Waals surface area contributed by atoms with Gasteiger partial charge in [0.15, 0.2) is 0 Å². The summed E-state index contributed by atoms with van der Waals surface area (Å²) in [5.41, 5.74) is -2.26. The van der Waals surface area contributed by atoms with E-state index in [2.05, 4.69) is 5.10 Å². The van der Waals surface area contributed by atoms with Gasteiger partial charge in [0, 0.05) is 12.1 Å². The normalized spacial score (nSPS) is 27.6. The van der Waals surface area contributed by atoms with Gasteiger partial charge < -0.3 is 5.11 Å². The molecule has 7 heteroatoms. The molecule has 3 atom stereocenters. The van der Waals surface area contributed by atoms with E-state index in [9.17, 15) is 23.1 Å². The lowest BCUT2D eigenvalue weighted by atomic mass is 9.64. The first-order valence-electron chi connectivity index (χ1n) is 10.2. The second-order valence-electron chi connectivity index (χ2n) is 8.87. The molecule has 1 fully saturated rings. The van der Waals surface area contributed by atoms with Gasteiger partial charge in [-0.15, -0.1) is 0 Å². The molecule has 0 aromatic heterocycles. The van der Waals surface area contributed by atoms with Gasteiger partial charge in [-0.25, -0.2) is 0 Å². The zero-order valence-electron chi connectivity index (χ0n) is 17.2. The van der Waals surface area contributed by atoms with Gasteiger partial charge in [0.2, 0.25) is 5.91 Å². The highest BCUT2D eigenvalue weighted by Crippen LogP contribution is 2.52. The van der Waals surface area contributed by atoms with Crippen LogP contribution in [0.1, 0.15) is 58.4 Å². The van der Waals surface area contributed by atoms with Crippen LogP contribution in [0.4, 0.5) is 13.2 Å². The topological polar surface area (TPSA) is 52.9 Å². The molecule has 0 unspecified atom stereocenters. The van der Waals surface area contributed by atoms with Gasteiger partial charge in [0.1, 0.15) is 0 Å². The predicted molar refractivity (Wildman–Crippen MR) is 105 cm³/mol. The van der Waals surface area contributed by atoms with E-state index in [4.69, 9.17) is 0 Å². The molecule has 4 nitrogen and oxygen atoms in total. The number of hydrazone groups is 1. The molecule has 0 radical (unpaired) electrons. The lowest BCUT2D eigenvalue weighted by Crippen LogP contribution is -2.62. The molecule has 1 aliphatic carbocycles. The molecule has 1 aliphatic heterocycles. The summed E-state index contributed by atoms with van der Waals surface area (Å²) in [6, 6.07) is 9.09. The number of amides is 1. The molecule has 0 spiro atoms. The Balaban J connectivity index is 1.84. The standard InChI is InChI=1S/C22H29F3N2O2/c1-4-20(2,3)16-11-12-18-17(14-16)21(29,22(23,24)25)27(26-18)19(28)13-10-15-8-6-5-7-9-15/h5-9,16-17,29H,4,10-14H2,1-3H3/t16-,17-,21+/m1/s1. The smallest absolute Gasteiger partial charge is 0.362 e. The van der Waals surface area contributed by atoms with Gasteiger partial charge in [-0.1, -0.05) is 57.5 Å². The number of aryl methyl sites for hydroxylation is 1. The lowest BCUT2D eigenvalue weighted by molar-refractivity contribution is -0.318. The second kappa shape index (κ2) is 7.74. The zero-order valence-corrected chi connectivity index (χ0v) is 17.2. The highest BCUT2D eigenvalue weighted by molar-refractivity contribution is 5.93. The minimum Gasteiger partial charge on any atom is -0.362 e. The van der Waals surface area contributed by atoms with E-state index in [-0.39, 0.29) is 24.2 Å². The highest BCUT2D eigenvalue weighted by Gasteiger charge is 2.69. The Morgan fingerprint density at radius 1 is 1.28 bits per heavy atom. The van der Waals surface area contributed by atoms with Gasteiger partial charge in [-0.3, -0.25) is 4.79 Å². The van der Waals surface area contributed by atoms with Gasteiger partial charge in [-0.2, -0.15) is 23.3 Å². The number of hydrogen-bond donors (Lipinski definition) is 1. The predicted octanol–water partition coefficient (Wildman–Crippen LogP) is 4.92. The van der Waals surface area contributed by atoms with Gasteiger partial charge in [0.05, 0.1) is 5.92 Å². The molecular weight excluding hydrogens is 381 g/mol.